The van der Waals surface area contributed by atoms with Crippen molar-refractivity contribution in [1.82, 2.24) is 15.6 Å². The van der Waals surface area contributed by atoms with Crippen LogP contribution in [0, 0.1) is 13.8 Å². The second-order valence-corrected chi connectivity index (χ2v) is 6.35. The average Bonchev–Trinajstić information content (AvgIpc) is 2.86. The van der Waals surface area contributed by atoms with E-state index < -0.39 is 30.1 Å². The molecule has 0 saturated heterocycles. The van der Waals surface area contributed by atoms with E-state index in [0.717, 1.165) is 0 Å². The summed E-state index contributed by atoms with van der Waals surface area (Å²) >= 11 is 0. The third-order valence-corrected chi connectivity index (χ3v) is 4.33. The Labute approximate surface area is 157 Å². The monoisotopic (exact) mass is 379 g/mol. The number of H-pyrrole nitrogens is 1. The number of ether oxygens (including phenoxy) is 2. The van der Waals surface area contributed by atoms with Gasteiger partial charge in [0, 0.05) is 11.3 Å². The Balaban J connectivity index is 2.23. The number of aromatic amines is 1. The van der Waals surface area contributed by atoms with Crippen LogP contribution < -0.4 is 10.6 Å². The van der Waals surface area contributed by atoms with Gasteiger partial charge in [-0.25, -0.2) is 14.4 Å². The summed E-state index contributed by atoms with van der Waals surface area (Å²) in [4.78, 5) is 39.3. The van der Waals surface area contributed by atoms with Crippen molar-refractivity contribution >= 4 is 18.0 Å². The third kappa shape index (κ3) is 4.30. The molecule has 9 heteroatoms. The summed E-state index contributed by atoms with van der Waals surface area (Å²) < 4.78 is 10.3. The minimum atomic E-state index is -0.731. The van der Waals surface area contributed by atoms with E-state index in [2.05, 4.69) is 15.6 Å². The number of urea groups is 1. The number of carbonyl (C=O) groups excluding carboxylic acids is 3. The molecular formula is C18H25N3O6. The average molecular weight is 379 g/mol. The van der Waals surface area contributed by atoms with Crippen LogP contribution in [0.4, 0.5) is 4.79 Å². The molecule has 9 nitrogen and oxygen atoms in total. The number of nitrogens with one attached hydrogen (secondary N) is 3. The smallest absolute Gasteiger partial charge is 0.355 e. The minimum absolute atomic E-state index is 0.176. The van der Waals surface area contributed by atoms with E-state index in [4.69, 9.17) is 9.47 Å². The van der Waals surface area contributed by atoms with Crippen molar-refractivity contribution in [1.29, 1.82) is 0 Å². The highest BCUT2D eigenvalue weighted by molar-refractivity contribution is 5.95. The molecule has 148 valence electrons. The highest BCUT2D eigenvalue weighted by atomic mass is 16.5. The van der Waals surface area contributed by atoms with Gasteiger partial charge in [-0.1, -0.05) is 0 Å². The van der Waals surface area contributed by atoms with Crippen molar-refractivity contribution in [3.63, 3.8) is 0 Å². The molecule has 4 N–H and O–H groups in total. The lowest BCUT2D eigenvalue weighted by atomic mass is 10.0. The Hall–Kier alpha value is -2.81. The van der Waals surface area contributed by atoms with Crippen molar-refractivity contribution in [2.24, 2.45) is 0 Å². The topological polar surface area (TPSA) is 130 Å². The van der Waals surface area contributed by atoms with E-state index in [1.165, 1.54) is 0 Å². The Kier molecular flexibility index (Phi) is 6.27. The predicted octanol–water partition coefficient (Wildman–Crippen LogP) is 1.36. The molecule has 2 atom stereocenters. The van der Waals surface area contributed by atoms with Crippen molar-refractivity contribution in [3.8, 4) is 0 Å². The number of rotatable bonds is 6. The maximum atomic E-state index is 12.5. The van der Waals surface area contributed by atoms with Crippen LogP contribution in [0.2, 0.25) is 0 Å². The maximum absolute atomic E-state index is 12.5. The molecule has 27 heavy (non-hydrogen) atoms. The van der Waals surface area contributed by atoms with Crippen LogP contribution in [-0.4, -0.2) is 47.3 Å². The van der Waals surface area contributed by atoms with Crippen molar-refractivity contribution < 1.29 is 29.0 Å². The van der Waals surface area contributed by atoms with Gasteiger partial charge in [0.15, 0.2) is 0 Å². The zero-order valence-corrected chi connectivity index (χ0v) is 16.1. The van der Waals surface area contributed by atoms with Gasteiger partial charge < -0.3 is 30.2 Å². The van der Waals surface area contributed by atoms with Gasteiger partial charge in [0.2, 0.25) is 0 Å². The lowest BCUT2D eigenvalue weighted by Gasteiger charge is -2.26. The molecular weight excluding hydrogens is 354 g/mol. The Bertz CT molecular complexity index is 793. The maximum Gasteiger partial charge on any atom is 0.355 e. The summed E-state index contributed by atoms with van der Waals surface area (Å²) in [5.74, 6) is -1.24. The van der Waals surface area contributed by atoms with E-state index in [9.17, 15) is 19.5 Å². The number of hydrogen-bond donors (Lipinski definition) is 4. The molecule has 2 heterocycles. The fourth-order valence-electron chi connectivity index (χ4n) is 3.20. The molecule has 0 fully saturated rings. The zero-order chi connectivity index (χ0) is 20.3. The molecule has 2 rings (SSSR count). The molecule has 1 aromatic rings. The van der Waals surface area contributed by atoms with Crippen LogP contribution in [0.3, 0.4) is 0 Å². The second kappa shape index (κ2) is 8.26. The summed E-state index contributed by atoms with van der Waals surface area (Å²) in [6.07, 6.45) is -0.731. The Morgan fingerprint density at radius 3 is 2.44 bits per heavy atom. The molecule has 0 spiro atoms. The molecule has 0 bridgehead atoms. The number of aliphatic hydroxyl groups is 1. The van der Waals surface area contributed by atoms with Gasteiger partial charge in [-0.3, -0.25) is 0 Å². The number of aromatic nitrogens is 1. The summed E-state index contributed by atoms with van der Waals surface area (Å²) in [5.41, 5.74) is 2.50. The van der Waals surface area contributed by atoms with Crippen LogP contribution in [0.15, 0.2) is 11.3 Å². The molecule has 1 aliphatic heterocycles. The van der Waals surface area contributed by atoms with E-state index in [0.29, 0.717) is 16.8 Å². The Morgan fingerprint density at radius 2 is 1.89 bits per heavy atom. The molecule has 0 unspecified atom stereocenters. The fourth-order valence-corrected chi connectivity index (χ4v) is 3.20. The van der Waals surface area contributed by atoms with Gasteiger partial charge in [-0.15, -0.1) is 0 Å². The zero-order valence-electron chi connectivity index (χ0n) is 16.1. The van der Waals surface area contributed by atoms with Crippen molar-refractivity contribution in [3.05, 3.63) is 33.8 Å². The fraction of sp³-hybridized carbons (Fsp3) is 0.500. The lowest BCUT2D eigenvalue weighted by molar-refractivity contribution is -0.139. The normalized spacial score (nSPS) is 17.9. The molecule has 1 aliphatic rings. The van der Waals surface area contributed by atoms with Gasteiger partial charge in [0.05, 0.1) is 30.0 Å². The van der Waals surface area contributed by atoms with Gasteiger partial charge in [0.1, 0.15) is 12.3 Å². The van der Waals surface area contributed by atoms with Crippen LogP contribution in [0.5, 0.6) is 0 Å². The first-order valence-electron chi connectivity index (χ1n) is 8.69. The number of carbonyl (C=O) groups is 3. The first-order valence-corrected chi connectivity index (χ1v) is 8.69. The Morgan fingerprint density at radius 1 is 1.22 bits per heavy atom. The van der Waals surface area contributed by atoms with Gasteiger partial charge in [0.25, 0.3) is 0 Å². The van der Waals surface area contributed by atoms with Gasteiger partial charge in [-0.05, 0) is 40.2 Å². The first-order chi connectivity index (χ1) is 12.7. The van der Waals surface area contributed by atoms with Crippen molar-refractivity contribution in [2.45, 2.75) is 46.8 Å². The van der Waals surface area contributed by atoms with Gasteiger partial charge >= 0.3 is 18.0 Å². The lowest BCUT2D eigenvalue weighted by Crippen LogP contribution is -2.50. The van der Waals surface area contributed by atoms with Crippen LogP contribution in [0.1, 0.15) is 54.2 Å². The van der Waals surface area contributed by atoms with Gasteiger partial charge in [-0.2, -0.15) is 0 Å². The second-order valence-electron chi connectivity index (χ2n) is 6.35. The predicted molar refractivity (Wildman–Crippen MR) is 96.0 cm³/mol. The molecule has 1 aromatic heterocycles. The molecule has 0 aromatic carbocycles. The number of amides is 2. The summed E-state index contributed by atoms with van der Waals surface area (Å²) in [7, 11) is 0. The van der Waals surface area contributed by atoms with Crippen LogP contribution >= 0.6 is 0 Å². The quantitative estimate of drug-likeness (QED) is 0.552. The highest BCUT2D eigenvalue weighted by Crippen LogP contribution is 2.25. The largest absolute Gasteiger partial charge is 0.463 e. The third-order valence-electron chi connectivity index (χ3n) is 4.33. The van der Waals surface area contributed by atoms with Crippen LogP contribution in [0.25, 0.3) is 0 Å². The summed E-state index contributed by atoms with van der Waals surface area (Å²) in [6, 6.07) is -1.08. The molecule has 0 aliphatic carbocycles. The van der Waals surface area contributed by atoms with E-state index >= 15 is 0 Å². The number of esters is 2. The molecule has 0 radical (unpaired) electrons. The standard InChI is InChI=1S/C18H25N3O6/c1-6-26-16(23)14-10(4)20-18(25)21-12(14)7-27-17(24)15-8(2)13(11(5)22)9(3)19-15/h10-11,19,22H,6-7H2,1-5H3,(H2,20,21,25)/t10-,11+/m0/s1. The number of hydrogen-bond acceptors (Lipinski definition) is 6. The van der Waals surface area contributed by atoms with E-state index in [1.54, 1.807) is 34.6 Å². The molecule has 2 amide bonds. The van der Waals surface area contributed by atoms with E-state index in [-0.39, 0.29) is 30.2 Å². The SMILES string of the molecule is CCOC(=O)C1=C(COC(=O)c2[nH]c(C)c([C@@H](C)O)c2C)NC(=O)N[C@H]1C. The number of aliphatic hydroxyl groups excluding tert-OH is 1. The summed E-state index contributed by atoms with van der Waals surface area (Å²) in [5, 5.41) is 14.9. The van der Waals surface area contributed by atoms with Crippen molar-refractivity contribution in [2.75, 3.05) is 13.2 Å². The van der Waals surface area contributed by atoms with Crippen LogP contribution in [-0.2, 0) is 14.3 Å². The summed E-state index contributed by atoms with van der Waals surface area (Å²) in [6.45, 7) is 8.27. The highest BCUT2D eigenvalue weighted by Gasteiger charge is 2.30. The first kappa shape index (κ1) is 20.5. The van der Waals surface area contributed by atoms with E-state index in [1.807, 2.05) is 0 Å². The molecule has 0 saturated carbocycles. The number of aryl methyl sites for hydroxylation is 1. The minimum Gasteiger partial charge on any atom is -0.463 e.